The molecule has 2 amide bonds. The second kappa shape index (κ2) is 9.77. The first-order valence-corrected chi connectivity index (χ1v) is 9.42. The molecule has 3 aromatic rings. The van der Waals surface area contributed by atoms with Crippen molar-refractivity contribution in [3.8, 4) is 0 Å². The van der Waals surface area contributed by atoms with Gasteiger partial charge in [0.15, 0.2) is 0 Å². The number of anilines is 3. The minimum absolute atomic E-state index is 0.00537. The zero-order valence-corrected chi connectivity index (χ0v) is 16.6. The largest absolute Gasteiger partial charge is 0.421 e. The number of carbonyl (C=O) groups is 2. The zero-order valence-electron chi connectivity index (χ0n) is 16.6. The molecule has 1 heterocycles. The Morgan fingerprint density at radius 2 is 1.62 bits per heavy atom. The van der Waals surface area contributed by atoms with Crippen LogP contribution in [0.1, 0.15) is 26.3 Å². The number of carbonyl (C=O) groups excluding carboxylic acids is 2. The fourth-order valence-corrected chi connectivity index (χ4v) is 2.68. The molecule has 0 bridgehead atoms. The van der Waals surface area contributed by atoms with Crippen molar-refractivity contribution in [2.75, 3.05) is 23.7 Å². The molecule has 32 heavy (non-hydrogen) atoms. The molecule has 0 radical (unpaired) electrons. The van der Waals surface area contributed by atoms with Gasteiger partial charge in [-0.15, -0.1) is 0 Å². The maximum atomic E-state index is 13.3. The van der Waals surface area contributed by atoms with Crippen molar-refractivity contribution >= 4 is 29.3 Å². The third-order valence-corrected chi connectivity index (χ3v) is 4.26. The molecular formula is C21H19F3N6O2. The number of halogens is 3. The molecule has 11 heteroatoms. The molecule has 0 unspecified atom stereocenters. The highest BCUT2D eigenvalue weighted by atomic mass is 19.4. The lowest BCUT2D eigenvalue weighted by molar-refractivity contribution is -0.137. The highest BCUT2D eigenvalue weighted by molar-refractivity contribution is 5.94. The van der Waals surface area contributed by atoms with Gasteiger partial charge in [-0.2, -0.15) is 18.2 Å². The van der Waals surface area contributed by atoms with Crippen LogP contribution in [0.3, 0.4) is 0 Å². The minimum Gasteiger partial charge on any atom is -0.368 e. The number of nitrogens with one attached hydrogen (secondary N) is 3. The van der Waals surface area contributed by atoms with Gasteiger partial charge < -0.3 is 21.7 Å². The zero-order chi connectivity index (χ0) is 23.1. The summed E-state index contributed by atoms with van der Waals surface area (Å²) in [4.78, 5) is 30.8. The standard InChI is InChI=1S/C21H19F3N6O2/c22-21(23,24)16-12-28-20(29-15-8-6-13(7-9-15)17(25)31)30-18(16)26-10-11-27-19(32)14-4-2-1-3-5-14/h1-9,12H,10-11H2,(H2,25,31)(H,27,32)(H2,26,28,29,30). The number of hydrogen-bond donors (Lipinski definition) is 4. The fourth-order valence-electron chi connectivity index (χ4n) is 2.68. The summed E-state index contributed by atoms with van der Waals surface area (Å²) in [5.74, 6) is -1.46. The number of rotatable bonds is 8. The van der Waals surface area contributed by atoms with E-state index >= 15 is 0 Å². The molecule has 0 fully saturated rings. The van der Waals surface area contributed by atoms with Crippen LogP contribution in [-0.4, -0.2) is 34.9 Å². The average Bonchev–Trinajstić information content (AvgIpc) is 2.77. The van der Waals surface area contributed by atoms with E-state index in [-0.39, 0.29) is 30.5 Å². The number of hydrogen-bond acceptors (Lipinski definition) is 6. The van der Waals surface area contributed by atoms with Crippen molar-refractivity contribution < 1.29 is 22.8 Å². The summed E-state index contributed by atoms with van der Waals surface area (Å²) in [5.41, 5.74) is 5.32. The monoisotopic (exact) mass is 444 g/mol. The maximum Gasteiger partial charge on any atom is 0.421 e. The number of benzene rings is 2. The molecule has 0 spiro atoms. The van der Waals surface area contributed by atoms with Crippen molar-refractivity contribution in [1.82, 2.24) is 15.3 Å². The quantitative estimate of drug-likeness (QED) is 0.396. The van der Waals surface area contributed by atoms with Crippen LogP contribution in [0.4, 0.5) is 30.6 Å². The molecule has 0 aliphatic rings. The topological polar surface area (TPSA) is 122 Å². The van der Waals surface area contributed by atoms with Crippen molar-refractivity contribution in [3.05, 3.63) is 77.5 Å². The molecule has 0 saturated heterocycles. The number of primary amides is 1. The molecule has 166 valence electrons. The van der Waals surface area contributed by atoms with Crippen molar-refractivity contribution in [1.29, 1.82) is 0 Å². The van der Waals surface area contributed by atoms with E-state index in [1.807, 2.05) is 0 Å². The molecule has 3 rings (SSSR count). The van der Waals surface area contributed by atoms with Crippen LogP contribution in [0.15, 0.2) is 60.8 Å². The summed E-state index contributed by atoms with van der Waals surface area (Å²) >= 11 is 0. The summed E-state index contributed by atoms with van der Waals surface area (Å²) in [6, 6.07) is 14.4. The van der Waals surface area contributed by atoms with Crippen molar-refractivity contribution in [2.24, 2.45) is 5.73 Å². The lowest BCUT2D eigenvalue weighted by Gasteiger charge is -2.15. The Bertz CT molecular complexity index is 1090. The highest BCUT2D eigenvalue weighted by Gasteiger charge is 2.35. The van der Waals surface area contributed by atoms with Crippen molar-refractivity contribution in [2.45, 2.75) is 6.18 Å². The van der Waals surface area contributed by atoms with Gasteiger partial charge in [-0.05, 0) is 36.4 Å². The highest BCUT2D eigenvalue weighted by Crippen LogP contribution is 2.34. The maximum absolute atomic E-state index is 13.3. The van der Waals surface area contributed by atoms with Crippen molar-refractivity contribution in [3.63, 3.8) is 0 Å². The number of aromatic nitrogens is 2. The molecule has 5 N–H and O–H groups in total. The van der Waals surface area contributed by atoms with Gasteiger partial charge in [-0.3, -0.25) is 9.59 Å². The van der Waals surface area contributed by atoms with Crippen LogP contribution in [0, 0.1) is 0 Å². The Kier molecular flexibility index (Phi) is 6.88. The summed E-state index contributed by atoms with van der Waals surface area (Å²) in [7, 11) is 0. The molecule has 8 nitrogen and oxygen atoms in total. The van der Waals surface area contributed by atoms with E-state index < -0.39 is 23.5 Å². The summed E-state index contributed by atoms with van der Waals surface area (Å²) < 4.78 is 40.0. The molecular weight excluding hydrogens is 425 g/mol. The fraction of sp³-hybridized carbons (Fsp3) is 0.143. The summed E-state index contributed by atoms with van der Waals surface area (Å²) in [6.45, 7) is 0.0811. The van der Waals surface area contributed by atoms with Gasteiger partial charge in [0.2, 0.25) is 11.9 Å². The van der Waals surface area contributed by atoms with Crippen LogP contribution in [-0.2, 0) is 6.18 Å². The smallest absolute Gasteiger partial charge is 0.368 e. The number of nitrogens with two attached hydrogens (primary N) is 1. The van der Waals surface area contributed by atoms with Gasteiger partial charge in [0.05, 0.1) is 0 Å². The van der Waals surface area contributed by atoms with Crippen LogP contribution < -0.4 is 21.7 Å². The Balaban J connectivity index is 1.67. The molecule has 1 aromatic heterocycles. The van der Waals surface area contributed by atoms with Crippen LogP contribution in [0.5, 0.6) is 0 Å². The molecule has 0 aliphatic carbocycles. The third kappa shape index (κ3) is 5.94. The Labute approximate surface area is 181 Å². The Morgan fingerprint density at radius 1 is 0.938 bits per heavy atom. The van der Waals surface area contributed by atoms with Crippen LogP contribution in [0.2, 0.25) is 0 Å². The Hall–Kier alpha value is -4.15. The van der Waals surface area contributed by atoms with Gasteiger partial charge in [0.25, 0.3) is 5.91 Å². The lowest BCUT2D eigenvalue weighted by Crippen LogP contribution is -2.29. The van der Waals surface area contributed by atoms with Crippen LogP contribution in [0.25, 0.3) is 0 Å². The van der Waals surface area contributed by atoms with E-state index in [2.05, 4.69) is 25.9 Å². The first-order valence-electron chi connectivity index (χ1n) is 9.42. The van der Waals surface area contributed by atoms with Gasteiger partial charge in [0, 0.05) is 36.1 Å². The first kappa shape index (κ1) is 22.5. The average molecular weight is 444 g/mol. The number of nitrogens with zero attached hydrogens (tertiary/aromatic N) is 2. The lowest BCUT2D eigenvalue weighted by atomic mass is 10.2. The van der Waals surface area contributed by atoms with Gasteiger partial charge in [0.1, 0.15) is 11.4 Å². The SMILES string of the molecule is NC(=O)c1ccc(Nc2ncc(C(F)(F)F)c(NCCNC(=O)c3ccccc3)n2)cc1. The van der Waals surface area contributed by atoms with Gasteiger partial charge >= 0.3 is 6.18 Å². The molecule has 0 saturated carbocycles. The molecule has 0 aliphatic heterocycles. The summed E-state index contributed by atoms with van der Waals surface area (Å²) in [5, 5.41) is 7.97. The summed E-state index contributed by atoms with van der Waals surface area (Å²) in [6.07, 6.45) is -4.00. The predicted molar refractivity (Wildman–Crippen MR) is 113 cm³/mol. The van der Waals surface area contributed by atoms with Gasteiger partial charge in [-0.25, -0.2) is 4.98 Å². The number of amides is 2. The van der Waals surface area contributed by atoms with E-state index in [4.69, 9.17) is 5.73 Å². The first-order chi connectivity index (χ1) is 15.2. The molecule has 2 aromatic carbocycles. The predicted octanol–water partition coefficient (Wildman–Crippen LogP) is 3.18. The number of alkyl halides is 3. The van der Waals surface area contributed by atoms with E-state index in [0.717, 1.165) is 0 Å². The minimum atomic E-state index is -4.67. The van der Waals surface area contributed by atoms with E-state index in [9.17, 15) is 22.8 Å². The van der Waals surface area contributed by atoms with E-state index in [1.54, 1.807) is 30.3 Å². The van der Waals surface area contributed by atoms with Crippen LogP contribution >= 0.6 is 0 Å². The van der Waals surface area contributed by atoms with E-state index in [1.165, 1.54) is 24.3 Å². The molecule has 0 atom stereocenters. The second-order valence-corrected chi connectivity index (χ2v) is 6.57. The van der Waals surface area contributed by atoms with Gasteiger partial charge in [-0.1, -0.05) is 18.2 Å². The Morgan fingerprint density at radius 3 is 2.25 bits per heavy atom. The van der Waals surface area contributed by atoms with E-state index in [0.29, 0.717) is 17.4 Å². The second-order valence-electron chi connectivity index (χ2n) is 6.57. The third-order valence-electron chi connectivity index (χ3n) is 4.26. The normalized spacial score (nSPS) is 11.0.